The summed E-state index contributed by atoms with van der Waals surface area (Å²) in [5.74, 6) is 2.23. The first-order valence-electron chi connectivity index (χ1n) is 8.48. The van der Waals surface area contributed by atoms with Crippen molar-refractivity contribution in [3.63, 3.8) is 0 Å². The normalized spacial score (nSPS) is 17.1. The van der Waals surface area contributed by atoms with E-state index in [0.717, 1.165) is 12.5 Å². The number of unbranched alkanes of at least 4 members (excludes halogenated alkanes) is 2. The highest BCUT2D eigenvalue weighted by molar-refractivity contribution is 14.0. The van der Waals surface area contributed by atoms with Crippen molar-refractivity contribution < 1.29 is 0 Å². The van der Waals surface area contributed by atoms with Gasteiger partial charge in [-0.2, -0.15) is 11.8 Å². The van der Waals surface area contributed by atoms with E-state index in [4.69, 9.17) is 0 Å². The molecule has 1 heterocycles. The number of rotatable bonds is 9. The van der Waals surface area contributed by atoms with Crippen molar-refractivity contribution in [2.45, 2.75) is 51.5 Å². The highest BCUT2D eigenvalue weighted by Crippen LogP contribution is 2.11. The summed E-state index contributed by atoms with van der Waals surface area (Å²) in [6, 6.07) is 0.584. The number of nitrogens with one attached hydrogen (secondary N) is 2. The van der Waals surface area contributed by atoms with Gasteiger partial charge in [-0.3, -0.25) is 4.99 Å². The summed E-state index contributed by atoms with van der Waals surface area (Å²) in [5, 5.41) is 7.02. The highest BCUT2D eigenvalue weighted by atomic mass is 127. The summed E-state index contributed by atoms with van der Waals surface area (Å²) in [7, 11) is 1.87. The molecule has 1 aliphatic heterocycles. The van der Waals surface area contributed by atoms with Crippen LogP contribution in [0.1, 0.15) is 45.4 Å². The molecule has 0 radical (unpaired) electrons. The predicted molar refractivity (Wildman–Crippen MR) is 112 cm³/mol. The van der Waals surface area contributed by atoms with Gasteiger partial charge in [-0.25, -0.2) is 0 Å². The molecule has 0 unspecified atom stereocenters. The molecule has 0 aromatic rings. The van der Waals surface area contributed by atoms with Crippen LogP contribution in [0.3, 0.4) is 0 Å². The van der Waals surface area contributed by atoms with Crippen LogP contribution in [0.5, 0.6) is 0 Å². The molecule has 0 aromatic heterocycles. The van der Waals surface area contributed by atoms with Crippen molar-refractivity contribution in [2.24, 2.45) is 4.99 Å². The average molecular weight is 442 g/mol. The Bertz CT molecular complexity index is 281. The topological polar surface area (TPSA) is 39.7 Å². The first-order valence-corrected chi connectivity index (χ1v) is 9.88. The van der Waals surface area contributed by atoms with Gasteiger partial charge in [0.15, 0.2) is 5.96 Å². The lowest BCUT2D eigenvalue weighted by atomic mass is 10.0. The molecule has 1 saturated heterocycles. The lowest BCUT2D eigenvalue weighted by Gasteiger charge is -2.33. The largest absolute Gasteiger partial charge is 0.356 e. The van der Waals surface area contributed by atoms with E-state index in [9.17, 15) is 0 Å². The fourth-order valence-electron chi connectivity index (χ4n) is 2.65. The Morgan fingerprint density at radius 3 is 2.55 bits per heavy atom. The SMILES string of the molecule is CCCCN1CCC(NC(=NC)NCCCCSC)CC1.I. The Hall–Kier alpha value is 0.310. The Morgan fingerprint density at radius 1 is 1.23 bits per heavy atom. The molecule has 0 amide bonds. The first-order chi connectivity index (χ1) is 10.3. The lowest BCUT2D eigenvalue weighted by molar-refractivity contribution is 0.203. The molecule has 132 valence electrons. The van der Waals surface area contributed by atoms with Crippen LogP contribution < -0.4 is 10.6 Å². The van der Waals surface area contributed by atoms with Crippen LogP contribution in [-0.2, 0) is 0 Å². The predicted octanol–water partition coefficient (Wildman–Crippen LogP) is 3.18. The van der Waals surface area contributed by atoms with Gasteiger partial charge in [0.25, 0.3) is 0 Å². The minimum atomic E-state index is 0. The monoisotopic (exact) mass is 442 g/mol. The fraction of sp³-hybridized carbons (Fsp3) is 0.938. The maximum atomic E-state index is 4.34. The van der Waals surface area contributed by atoms with Crippen molar-refractivity contribution in [3.05, 3.63) is 0 Å². The van der Waals surface area contributed by atoms with Crippen LogP contribution in [0.4, 0.5) is 0 Å². The van der Waals surface area contributed by atoms with E-state index in [1.165, 1.54) is 63.9 Å². The van der Waals surface area contributed by atoms with Gasteiger partial charge in [0, 0.05) is 32.7 Å². The van der Waals surface area contributed by atoms with Crippen LogP contribution >= 0.6 is 35.7 Å². The van der Waals surface area contributed by atoms with Gasteiger partial charge in [0.2, 0.25) is 0 Å². The lowest BCUT2D eigenvalue weighted by Crippen LogP contribution is -2.48. The molecular formula is C16H35IN4S. The molecule has 1 aliphatic rings. The van der Waals surface area contributed by atoms with Gasteiger partial charge < -0.3 is 15.5 Å². The molecule has 22 heavy (non-hydrogen) atoms. The van der Waals surface area contributed by atoms with Gasteiger partial charge in [0.05, 0.1) is 0 Å². The summed E-state index contributed by atoms with van der Waals surface area (Å²) in [6.07, 6.45) is 9.76. The van der Waals surface area contributed by atoms with Crippen LogP contribution in [0.25, 0.3) is 0 Å². The first kappa shape index (κ1) is 22.3. The van der Waals surface area contributed by atoms with E-state index in [1.54, 1.807) is 0 Å². The van der Waals surface area contributed by atoms with E-state index in [1.807, 2.05) is 18.8 Å². The van der Waals surface area contributed by atoms with Crippen LogP contribution in [0.15, 0.2) is 4.99 Å². The zero-order chi connectivity index (χ0) is 15.3. The second kappa shape index (κ2) is 14.9. The quantitative estimate of drug-likeness (QED) is 0.249. The van der Waals surface area contributed by atoms with Gasteiger partial charge >= 0.3 is 0 Å². The zero-order valence-corrected chi connectivity index (χ0v) is 17.7. The summed E-state index contributed by atoms with van der Waals surface area (Å²) in [5.41, 5.74) is 0. The van der Waals surface area contributed by atoms with Crippen LogP contribution in [0.2, 0.25) is 0 Å². The second-order valence-corrected chi connectivity index (χ2v) is 6.80. The number of likely N-dealkylation sites (tertiary alicyclic amines) is 1. The molecule has 0 aliphatic carbocycles. The molecule has 0 bridgehead atoms. The average Bonchev–Trinajstić information content (AvgIpc) is 2.52. The van der Waals surface area contributed by atoms with E-state index >= 15 is 0 Å². The smallest absolute Gasteiger partial charge is 0.191 e. The molecule has 2 N–H and O–H groups in total. The van der Waals surface area contributed by atoms with Gasteiger partial charge in [-0.1, -0.05) is 13.3 Å². The third kappa shape index (κ3) is 10.2. The Morgan fingerprint density at radius 2 is 1.95 bits per heavy atom. The number of halogens is 1. The number of piperidine rings is 1. The molecule has 0 saturated carbocycles. The molecule has 1 fully saturated rings. The molecule has 0 spiro atoms. The summed E-state index contributed by atoms with van der Waals surface area (Å²) in [6.45, 7) is 7.01. The van der Waals surface area contributed by atoms with Gasteiger partial charge in [-0.15, -0.1) is 24.0 Å². The zero-order valence-electron chi connectivity index (χ0n) is 14.6. The number of nitrogens with zero attached hydrogens (tertiary/aromatic N) is 2. The summed E-state index contributed by atoms with van der Waals surface area (Å²) >= 11 is 1.92. The number of hydrogen-bond acceptors (Lipinski definition) is 3. The molecule has 1 rings (SSSR count). The molecule has 4 nitrogen and oxygen atoms in total. The summed E-state index contributed by atoms with van der Waals surface area (Å²) in [4.78, 5) is 6.94. The summed E-state index contributed by atoms with van der Waals surface area (Å²) < 4.78 is 0. The number of hydrogen-bond donors (Lipinski definition) is 2. The van der Waals surface area contributed by atoms with Crippen molar-refractivity contribution in [1.29, 1.82) is 0 Å². The minimum absolute atomic E-state index is 0. The third-order valence-electron chi connectivity index (χ3n) is 4.05. The van der Waals surface area contributed by atoms with E-state index in [-0.39, 0.29) is 24.0 Å². The van der Waals surface area contributed by atoms with Gasteiger partial charge in [0.1, 0.15) is 0 Å². The highest BCUT2D eigenvalue weighted by Gasteiger charge is 2.19. The van der Waals surface area contributed by atoms with Gasteiger partial charge in [-0.05, 0) is 50.7 Å². The molecule has 0 atom stereocenters. The Balaban J connectivity index is 0.00000441. The molecular weight excluding hydrogens is 407 g/mol. The van der Waals surface area contributed by atoms with Crippen molar-refractivity contribution in [1.82, 2.24) is 15.5 Å². The maximum absolute atomic E-state index is 4.34. The van der Waals surface area contributed by atoms with E-state index in [2.05, 4.69) is 33.7 Å². The van der Waals surface area contributed by atoms with Crippen molar-refractivity contribution in [3.8, 4) is 0 Å². The Labute approximate surface area is 158 Å². The number of guanidine groups is 1. The maximum Gasteiger partial charge on any atom is 0.191 e. The van der Waals surface area contributed by atoms with Crippen LogP contribution in [0, 0.1) is 0 Å². The standard InChI is InChI=1S/C16H34N4S.HI/c1-4-5-11-20-12-8-15(9-13-20)19-16(17-2)18-10-6-7-14-21-3;/h15H,4-14H2,1-3H3,(H2,17,18,19);1H. The van der Waals surface area contributed by atoms with Crippen molar-refractivity contribution in [2.75, 3.05) is 45.2 Å². The molecule has 0 aromatic carbocycles. The number of thioether (sulfide) groups is 1. The van der Waals surface area contributed by atoms with Crippen molar-refractivity contribution >= 4 is 41.7 Å². The fourth-order valence-corrected chi connectivity index (χ4v) is 3.14. The third-order valence-corrected chi connectivity index (χ3v) is 4.74. The second-order valence-electron chi connectivity index (χ2n) is 5.81. The van der Waals surface area contributed by atoms with Crippen LogP contribution in [-0.4, -0.2) is 62.1 Å². The molecule has 6 heteroatoms. The van der Waals surface area contributed by atoms with E-state index in [0.29, 0.717) is 6.04 Å². The minimum Gasteiger partial charge on any atom is -0.356 e. The Kier molecular flexibility index (Phi) is 15.1. The number of aliphatic imine (C=N–C) groups is 1. The van der Waals surface area contributed by atoms with E-state index < -0.39 is 0 Å².